The number of nitrogens with zero attached hydrogens (tertiary/aromatic N) is 1. The van der Waals surface area contributed by atoms with Crippen LogP contribution in [0, 0.1) is 0 Å². The summed E-state index contributed by atoms with van der Waals surface area (Å²) in [5.41, 5.74) is 3.23. The van der Waals surface area contributed by atoms with Crippen molar-refractivity contribution in [3.8, 4) is 22.6 Å². The average molecular weight is 534 g/mol. The summed E-state index contributed by atoms with van der Waals surface area (Å²) in [6.45, 7) is 3.97. The highest BCUT2D eigenvalue weighted by Crippen LogP contribution is 2.32. The summed E-state index contributed by atoms with van der Waals surface area (Å²) in [6, 6.07) is 20.6. The third kappa shape index (κ3) is 5.60. The number of piperidine rings is 1. The highest BCUT2D eigenvalue weighted by molar-refractivity contribution is 9.10. The van der Waals surface area contributed by atoms with Crippen molar-refractivity contribution in [1.82, 2.24) is 4.90 Å². The van der Waals surface area contributed by atoms with Crippen LogP contribution in [0.5, 0.6) is 11.5 Å². The van der Waals surface area contributed by atoms with Gasteiger partial charge in [-0.1, -0.05) is 46.6 Å². The van der Waals surface area contributed by atoms with E-state index >= 15 is 0 Å². The molecule has 1 saturated heterocycles. The quantitative estimate of drug-likeness (QED) is 0.279. The van der Waals surface area contributed by atoms with E-state index in [1.807, 2.05) is 54.6 Å². The second-order valence-electron chi connectivity index (χ2n) is 9.00. The summed E-state index contributed by atoms with van der Waals surface area (Å²) in [5, 5.41) is 10.7. The van der Waals surface area contributed by atoms with E-state index in [-0.39, 0.29) is 5.75 Å². The first kappa shape index (κ1) is 23.6. The molecule has 1 aliphatic rings. The summed E-state index contributed by atoms with van der Waals surface area (Å²) in [7, 11) is 0. The largest absolute Gasteiger partial charge is 0.508 e. The van der Waals surface area contributed by atoms with Crippen molar-refractivity contribution in [2.24, 2.45) is 0 Å². The van der Waals surface area contributed by atoms with Crippen molar-refractivity contribution >= 4 is 26.9 Å². The lowest BCUT2D eigenvalue weighted by molar-refractivity contribution is 0.183. The molecule has 0 amide bonds. The first-order chi connectivity index (χ1) is 17.1. The normalized spacial score (nSPS) is 14.3. The van der Waals surface area contributed by atoms with Crippen LogP contribution in [-0.2, 0) is 6.42 Å². The molecule has 6 heteroatoms. The zero-order valence-electron chi connectivity index (χ0n) is 19.5. The van der Waals surface area contributed by atoms with Crippen molar-refractivity contribution < 1.29 is 14.3 Å². The van der Waals surface area contributed by atoms with Crippen LogP contribution in [0.4, 0.5) is 0 Å². The molecule has 5 nitrogen and oxygen atoms in total. The highest BCUT2D eigenvalue weighted by Gasteiger charge is 2.18. The van der Waals surface area contributed by atoms with E-state index in [0.717, 1.165) is 38.8 Å². The van der Waals surface area contributed by atoms with Gasteiger partial charge in [0.15, 0.2) is 0 Å². The molecule has 35 heavy (non-hydrogen) atoms. The highest BCUT2D eigenvalue weighted by atomic mass is 79.9. The van der Waals surface area contributed by atoms with Crippen LogP contribution in [0.3, 0.4) is 0 Å². The maximum absolute atomic E-state index is 13.1. The predicted molar refractivity (Wildman–Crippen MR) is 142 cm³/mol. The number of hydrogen-bond donors (Lipinski definition) is 1. The Balaban J connectivity index is 1.41. The fraction of sp³-hybridized carbons (Fsp3) is 0.276. The molecule has 4 aromatic rings. The number of ether oxygens (including phenoxy) is 1. The Morgan fingerprint density at radius 2 is 1.69 bits per heavy atom. The molecule has 0 atom stereocenters. The molecule has 0 unspecified atom stereocenters. The molecule has 0 saturated carbocycles. The lowest BCUT2D eigenvalue weighted by atomic mass is 9.93. The molecule has 3 aromatic carbocycles. The number of likely N-dealkylation sites (tertiary alicyclic amines) is 1. The van der Waals surface area contributed by atoms with Crippen molar-refractivity contribution in [1.29, 1.82) is 0 Å². The number of phenolic OH excluding ortho intramolecular Hbond substituents is 1. The Morgan fingerprint density at radius 3 is 2.43 bits per heavy atom. The van der Waals surface area contributed by atoms with Gasteiger partial charge in [0.1, 0.15) is 23.7 Å². The molecule has 2 heterocycles. The first-order valence-electron chi connectivity index (χ1n) is 12.1. The molecule has 1 aliphatic heterocycles. The van der Waals surface area contributed by atoms with Gasteiger partial charge in [-0.05, 0) is 85.4 Å². The van der Waals surface area contributed by atoms with Crippen LogP contribution in [-0.4, -0.2) is 36.2 Å². The Kier molecular flexibility index (Phi) is 7.21. The number of halogens is 1. The van der Waals surface area contributed by atoms with E-state index in [0.29, 0.717) is 24.2 Å². The lowest BCUT2D eigenvalue weighted by Crippen LogP contribution is -2.33. The number of aromatic hydroxyl groups is 1. The van der Waals surface area contributed by atoms with Gasteiger partial charge in [0.2, 0.25) is 0 Å². The second-order valence-corrected chi connectivity index (χ2v) is 9.92. The van der Waals surface area contributed by atoms with Crippen molar-refractivity contribution in [2.75, 3.05) is 26.2 Å². The number of hydrogen-bond acceptors (Lipinski definition) is 5. The Hall–Kier alpha value is -3.09. The van der Waals surface area contributed by atoms with Crippen LogP contribution in [0.25, 0.3) is 22.1 Å². The van der Waals surface area contributed by atoms with Crippen LogP contribution in [0.2, 0.25) is 0 Å². The van der Waals surface area contributed by atoms with E-state index in [2.05, 4.69) is 20.8 Å². The summed E-state index contributed by atoms with van der Waals surface area (Å²) in [6.07, 6.45) is 4.45. The average Bonchev–Trinajstić information content (AvgIpc) is 2.86. The molecular weight excluding hydrogens is 506 g/mol. The van der Waals surface area contributed by atoms with Gasteiger partial charge in [0, 0.05) is 22.5 Å². The van der Waals surface area contributed by atoms with E-state index in [1.54, 1.807) is 6.07 Å². The van der Waals surface area contributed by atoms with Gasteiger partial charge in [-0.25, -0.2) is 4.79 Å². The molecule has 1 N–H and O–H groups in total. The van der Waals surface area contributed by atoms with E-state index in [4.69, 9.17) is 9.15 Å². The second kappa shape index (κ2) is 10.7. The van der Waals surface area contributed by atoms with E-state index < -0.39 is 5.63 Å². The van der Waals surface area contributed by atoms with Crippen LogP contribution >= 0.6 is 15.9 Å². The van der Waals surface area contributed by atoms with Crippen molar-refractivity contribution in [3.05, 3.63) is 92.7 Å². The number of rotatable bonds is 7. The van der Waals surface area contributed by atoms with Gasteiger partial charge in [-0.3, -0.25) is 4.90 Å². The lowest BCUT2D eigenvalue weighted by Gasteiger charge is -2.26. The number of phenols is 1. The fourth-order valence-corrected chi connectivity index (χ4v) is 4.99. The Bertz CT molecular complexity index is 1360. The molecule has 1 aromatic heterocycles. The van der Waals surface area contributed by atoms with Gasteiger partial charge in [-0.15, -0.1) is 0 Å². The minimum atomic E-state index is -0.418. The smallest absolute Gasteiger partial charge is 0.344 e. The Labute approximate surface area is 213 Å². The zero-order chi connectivity index (χ0) is 24.2. The zero-order valence-corrected chi connectivity index (χ0v) is 21.1. The van der Waals surface area contributed by atoms with Gasteiger partial charge in [0.25, 0.3) is 0 Å². The van der Waals surface area contributed by atoms with Gasteiger partial charge in [0.05, 0.1) is 5.56 Å². The van der Waals surface area contributed by atoms with Crippen molar-refractivity contribution in [2.45, 2.75) is 25.7 Å². The summed E-state index contributed by atoms with van der Waals surface area (Å²) >= 11 is 3.46. The van der Waals surface area contributed by atoms with Crippen LogP contribution in [0.1, 0.15) is 30.4 Å². The molecule has 0 spiro atoms. The van der Waals surface area contributed by atoms with Gasteiger partial charge < -0.3 is 14.3 Å². The minimum absolute atomic E-state index is 0.0639. The molecule has 1 fully saturated rings. The molecule has 180 valence electrons. The Morgan fingerprint density at radius 1 is 0.943 bits per heavy atom. The number of fused-ring (bicyclic) bond motifs is 1. The fourth-order valence-electron chi connectivity index (χ4n) is 4.73. The molecule has 0 radical (unpaired) electrons. The molecule has 5 rings (SSSR count). The summed E-state index contributed by atoms with van der Waals surface area (Å²) in [4.78, 5) is 15.5. The molecule has 0 aliphatic carbocycles. The minimum Gasteiger partial charge on any atom is -0.508 e. The molecule has 0 bridgehead atoms. The topological polar surface area (TPSA) is 62.9 Å². The molecular formula is C29H28BrNO4. The van der Waals surface area contributed by atoms with Crippen LogP contribution in [0.15, 0.2) is 80.4 Å². The van der Waals surface area contributed by atoms with Crippen molar-refractivity contribution in [3.63, 3.8) is 0 Å². The van der Waals surface area contributed by atoms with Gasteiger partial charge >= 0.3 is 5.63 Å². The number of benzene rings is 3. The van der Waals surface area contributed by atoms with Gasteiger partial charge in [-0.2, -0.15) is 0 Å². The monoisotopic (exact) mass is 533 g/mol. The van der Waals surface area contributed by atoms with E-state index in [9.17, 15) is 9.90 Å². The summed E-state index contributed by atoms with van der Waals surface area (Å²) < 4.78 is 12.5. The van der Waals surface area contributed by atoms with E-state index in [1.165, 1.54) is 38.4 Å². The van der Waals surface area contributed by atoms with Crippen LogP contribution < -0.4 is 10.4 Å². The first-order valence-corrected chi connectivity index (χ1v) is 12.8. The maximum Gasteiger partial charge on any atom is 0.344 e. The summed E-state index contributed by atoms with van der Waals surface area (Å²) in [5.74, 6) is 0.912. The predicted octanol–water partition coefficient (Wildman–Crippen LogP) is 6.38. The maximum atomic E-state index is 13.1. The standard InChI is InChI=1S/C29H28BrNO4/c30-22-8-6-21(7-9-22)28-26(25-13-10-23(32)19-27(25)35-29(28)33)18-20-4-11-24(12-5-20)34-17-16-31-14-2-1-3-15-31/h4-13,19,32H,1-3,14-18H2. The third-order valence-corrected chi connectivity index (χ3v) is 7.09. The third-order valence-electron chi connectivity index (χ3n) is 6.56. The SMILES string of the molecule is O=c1oc2cc(O)ccc2c(Cc2ccc(OCCN3CCCCC3)cc2)c1-c1ccc(Br)cc1.